The van der Waals surface area contributed by atoms with Gasteiger partial charge in [0.05, 0.1) is 0 Å². The predicted octanol–water partition coefficient (Wildman–Crippen LogP) is 2.58. The van der Waals surface area contributed by atoms with Gasteiger partial charge in [0.2, 0.25) is 0 Å². The lowest BCUT2D eigenvalue weighted by atomic mass is 10.3. The van der Waals surface area contributed by atoms with E-state index < -0.39 is 6.10 Å². The van der Waals surface area contributed by atoms with Gasteiger partial charge in [-0.05, 0) is 28.1 Å². The van der Waals surface area contributed by atoms with E-state index in [-0.39, 0.29) is 0 Å². The van der Waals surface area contributed by atoms with Crippen molar-refractivity contribution in [3.63, 3.8) is 0 Å². The Balaban J connectivity index is 2.28. The monoisotopic (exact) mass is 259 g/mol. The van der Waals surface area contributed by atoms with Gasteiger partial charge in [-0.15, -0.1) is 11.3 Å². The minimum Gasteiger partial charge on any atom is -0.451 e. The van der Waals surface area contributed by atoms with Gasteiger partial charge < -0.3 is 9.52 Å². The standard InChI is InChI=1S/C8H6BrNO2S/c9-6-2-1-5(12-6)7(11)8-10-3-4-13-8/h1-4,7,11H. The van der Waals surface area contributed by atoms with Gasteiger partial charge in [-0.25, -0.2) is 4.98 Å². The minimum atomic E-state index is -0.758. The van der Waals surface area contributed by atoms with Crippen molar-refractivity contribution in [1.82, 2.24) is 4.98 Å². The predicted molar refractivity (Wildman–Crippen MR) is 52.6 cm³/mol. The van der Waals surface area contributed by atoms with Crippen molar-refractivity contribution in [2.75, 3.05) is 0 Å². The fourth-order valence-corrected chi connectivity index (χ4v) is 1.91. The number of hydrogen-bond donors (Lipinski definition) is 1. The molecule has 2 rings (SSSR count). The zero-order chi connectivity index (χ0) is 9.26. The Bertz CT molecular complexity index is 385. The van der Waals surface area contributed by atoms with Gasteiger partial charge in [-0.3, -0.25) is 0 Å². The Morgan fingerprint density at radius 3 is 2.92 bits per heavy atom. The van der Waals surface area contributed by atoms with Crippen LogP contribution in [0, 0.1) is 0 Å². The van der Waals surface area contributed by atoms with E-state index in [1.165, 1.54) is 11.3 Å². The summed E-state index contributed by atoms with van der Waals surface area (Å²) in [6, 6.07) is 3.46. The number of furan rings is 1. The summed E-state index contributed by atoms with van der Waals surface area (Å²) in [5, 5.41) is 12.2. The Labute approximate surface area is 87.2 Å². The van der Waals surface area contributed by atoms with Crippen LogP contribution in [0.1, 0.15) is 16.9 Å². The van der Waals surface area contributed by atoms with Crippen LogP contribution < -0.4 is 0 Å². The van der Waals surface area contributed by atoms with E-state index >= 15 is 0 Å². The smallest absolute Gasteiger partial charge is 0.169 e. The molecule has 0 amide bonds. The molecule has 0 spiro atoms. The summed E-state index contributed by atoms with van der Waals surface area (Å²) in [6.45, 7) is 0. The molecule has 5 heteroatoms. The van der Waals surface area contributed by atoms with Gasteiger partial charge in [0.15, 0.2) is 10.8 Å². The number of aliphatic hydroxyl groups is 1. The summed E-state index contributed by atoms with van der Waals surface area (Å²) < 4.78 is 5.81. The van der Waals surface area contributed by atoms with Gasteiger partial charge in [-0.1, -0.05) is 0 Å². The summed E-state index contributed by atoms with van der Waals surface area (Å²) in [4.78, 5) is 4.00. The summed E-state index contributed by atoms with van der Waals surface area (Å²) in [7, 11) is 0. The molecule has 0 saturated heterocycles. The summed E-state index contributed by atoms with van der Waals surface area (Å²) in [6.07, 6.45) is 0.896. The molecule has 0 aliphatic carbocycles. The highest BCUT2D eigenvalue weighted by Crippen LogP contribution is 2.26. The molecule has 0 bridgehead atoms. The van der Waals surface area contributed by atoms with Crippen molar-refractivity contribution in [2.45, 2.75) is 6.10 Å². The minimum absolute atomic E-state index is 0.502. The number of aromatic nitrogens is 1. The van der Waals surface area contributed by atoms with Crippen molar-refractivity contribution in [1.29, 1.82) is 0 Å². The first-order valence-corrected chi connectivity index (χ1v) is 5.27. The summed E-state index contributed by atoms with van der Waals surface area (Å²) in [5.74, 6) is 0.502. The molecule has 0 aromatic carbocycles. The van der Waals surface area contributed by atoms with Crippen LogP contribution in [0.25, 0.3) is 0 Å². The maximum absolute atomic E-state index is 9.73. The summed E-state index contributed by atoms with van der Waals surface area (Å²) >= 11 is 4.57. The molecule has 3 nitrogen and oxygen atoms in total. The third-order valence-corrected chi connectivity index (χ3v) is 2.80. The van der Waals surface area contributed by atoms with Crippen LogP contribution in [0.5, 0.6) is 0 Å². The quantitative estimate of drug-likeness (QED) is 0.902. The number of aliphatic hydroxyl groups excluding tert-OH is 1. The normalized spacial score (nSPS) is 13.1. The topological polar surface area (TPSA) is 46.3 Å². The zero-order valence-corrected chi connectivity index (χ0v) is 8.88. The second-order valence-corrected chi connectivity index (χ2v) is 4.12. The van der Waals surface area contributed by atoms with Crippen molar-refractivity contribution in [2.24, 2.45) is 0 Å². The van der Waals surface area contributed by atoms with Crippen molar-refractivity contribution >= 4 is 27.3 Å². The lowest BCUT2D eigenvalue weighted by molar-refractivity contribution is 0.187. The number of nitrogens with zero attached hydrogens (tertiary/aromatic N) is 1. The van der Waals surface area contributed by atoms with Gasteiger partial charge in [0.1, 0.15) is 10.8 Å². The average molecular weight is 260 g/mol. The van der Waals surface area contributed by atoms with E-state index in [0.717, 1.165) is 0 Å². The van der Waals surface area contributed by atoms with Crippen LogP contribution in [0.15, 0.2) is 32.8 Å². The molecule has 2 aromatic rings. The Hall–Kier alpha value is -0.650. The van der Waals surface area contributed by atoms with E-state index in [2.05, 4.69) is 20.9 Å². The van der Waals surface area contributed by atoms with Crippen LogP contribution in [0.4, 0.5) is 0 Å². The lowest BCUT2D eigenvalue weighted by Crippen LogP contribution is -1.96. The molecule has 0 radical (unpaired) electrons. The van der Waals surface area contributed by atoms with Crippen molar-refractivity contribution in [3.8, 4) is 0 Å². The molecule has 0 aliphatic heterocycles. The SMILES string of the molecule is OC(c1ccc(Br)o1)c1nccs1. The molecule has 13 heavy (non-hydrogen) atoms. The molecular formula is C8H6BrNO2S. The van der Waals surface area contributed by atoms with Gasteiger partial charge >= 0.3 is 0 Å². The third kappa shape index (κ3) is 1.82. The van der Waals surface area contributed by atoms with Crippen LogP contribution >= 0.6 is 27.3 Å². The van der Waals surface area contributed by atoms with Gasteiger partial charge in [0.25, 0.3) is 0 Å². The molecule has 2 heterocycles. The van der Waals surface area contributed by atoms with Crippen LogP contribution in [-0.2, 0) is 0 Å². The maximum Gasteiger partial charge on any atom is 0.169 e. The number of thiazole rings is 1. The Kier molecular flexibility index (Phi) is 2.48. The van der Waals surface area contributed by atoms with E-state index in [9.17, 15) is 5.11 Å². The van der Waals surface area contributed by atoms with Gasteiger partial charge in [-0.2, -0.15) is 0 Å². The van der Waals surface area contributed by atoms with Crippen LogP contribution in [-0.4, -0.2) is 10.1 Å². The molecular weight excluding hydrogens is 254 g/mol. The first-order valence-electron chi connectivity index (χ1n) is 3.60. The fraction of sp³-hybridized carbons (Fsp3) is 0.125. The van der Waals surface area contributed by atoms with E-state index in [1.807, 2.05) is 5.38 Å². The average Bonchev–Trinajstić information content (AvgIpc) is 2.72. The van der Waals surface area contributed by atoms with Crippen molar-refractivity contribution < 1.29 is 9.52 Å². The summed E-state index contributed by atoms with van der Waals surface area (Å²) in [5.41, 5.74) is 0. The number of halogens is 1. The lowest BCUT2D eigenvalue weighted by Gasteiger charge is -2.01. The highest BCUT2D eigenvalue weighted by Gasteiger charge is 2.16. The molecule has 2 aromatic heterocycles. The molecule has 68 valence electrons. The molecule has 0 fully saturated rings. The Morgan fingerprint density at radius 2 is 2.38 bits per heavy atom. The number of rotatable bonds is 2. The zero-order valence-electron chi connectivity index (χ0n) is 6.48. The van der Waals surface area contributed by atoms with E-state index in [0.29, 0.717) is 15.4 Å². The van der Waals surface area contributed by atoms with Gasteiger partial charge in [0, 0.05) is 11.6 Å². The maximum atomic E-state index is 9.73. The van der Waals surface area contributed by atoms with Crippen LogP contribution in [0.3, 0.4) is 0 Å². The van der Waals surface area contributed by atoms with E-state index in [1.54, 1.807) is 18.3 Å². The van der Waals surface area contributed by atoms with Crippen molar-refractivity contribution in [3.05, 3.63) is 39.1 Å². The van der Waals surface area contributed by atoms with E-state index in [4.69, 9.17) is 4.42 Å². The first kappa shape index (κ1) is 8.93. The molecule has 1 atom stereocenters. The molecule has 0 saturated carbocycles. The fourth-order valence-electron chi connectivity index (χ4n) is 0.966. The highest BCUT2D eigenvalue weighted by molar-refractivity contribution is 9.10. The Morgan fingerprint density at radius 1 is 1.54 bits per heavy atom. The molecule has 1 unspecified atom stereocenters. The molecule has 0 aliphatic rings. The first-order chi connectivity index (χ1) is 6.27. The number of hydrogen-bond acceptors (Lipinski definition) is 4. The van der Waals surface area contributed by atoms with Crippen LogP contribution in [0.2, 0.25) is 0 Å². The second kappa shape index (κ2) is 3.61. The molecule has 1 N–H and O–H groups in total. The second-order valence-electron chi connectivity index (χ2n) is 2.41. The highest BCUT2D eigenvalue weighted by atomic mass is 79.9. The third-order valence-electron chi connectivity index (χ3n) is 1.55. The largest absolute Gasteiger partial charge is 0.451 e.